The highest BCUT2D eigenvalue weighted by atomic mass is 16.5. The summed E-state index contributed by atoms with van der Waals surface area (Å²) in [6.07, 6.45) is 2.89. The van der Waals surface area contributed by atoms with E-state index in [2.05, 4.69) is 57.0 Å². The number of benzene rings is 3. The first-order valence-electron chi connectivity index (χ1n) is 22.2. The Bertz CT molecular complexity index is 2600. The van der Waals surface area contributed by atoms with Gasteiger partial charge in [0.25, 0.3) is 0 Å². The van der Waals surface area contributed by atoms with Crippen molar-refractivity contribution >= 4 is 45.8 Å². The van der Waals surface area contributed by atoms with Gasteiger partial charge < -0.3 is 49.3 Å². The summed E-state index contributed by atoms with van der Waals surface area (Å²) in [6.45, 7) is 15.7. The van der Waals surface area contributed by atoms with Crippen molar-refractivity contribution in [2.45, 2.75) is 136 Å². The molecule has 3 aliphatic heterocycles. The van der Waals surface area contributed by atoms with Gasteiger partial charge in [-0.25, -0.2) is 19.6 Å². The van der Waals surface area contributed by atoms with Gasteiger partial charge in [-0.1, -0.05) is 32.0 Å². The van der Waals surface area contributed by atoms with E-state index in [1.807, 2.05) is 70.5 Å². The number of aromatic amines is 2. The van der Waals surface area contributed by atoms with E-state index < -0.39 is 36.0 Å². The maximum Gasteiger partial charge on any atom is 0.407 e. The number of nitrogens with one attached hydrogen (secondary N) is 4. The molecule has 2 aromatic heterocycles. The van der Waals surface area contributed by atoms with Crippen molar-refractivity contribution in [3.05, 3.63) is 65.9 Å². The van der Waals surface area contributed by atoms with Crippen LogP contribution in [0.2, 0.25) is 0 Å². The Hall–Kier alpha value is -6.16. The predicted octanol–water partition coefficient (Wildman–Crippen LogP) is 8.08. The molecule has 5 heterocycles. The maximum atomic E-state index is 14.4. The number of fused-ring (bicyclic) bond motifs is 6. The van der Waals surface area contributed by atoms with Crippen molar-refractivity contribution in [1.82, 2.24) is 40.4 Å². The Morgan fingerprint density at radius 3 is 2.08 bits per heavy atom. The maximum absolute atomic E-state index is 14.4. The Kier molecular flexibility index (Phi) is 12.1. The molecule has 16 heteroatoms. The predicted molar refractivity (Wildman–Crippen MR) is 241 cm³/mol. The first-order chi connectivity index (χ1) is 30.5. The smallest absolute Gasteiger partial charge is 0.407 e. The lowest BCUT2D eigenvalue weighted by Gasteiger charge is -2.35. The van der Waals surface area contributed by atoms with Crippen LogP contribution in [-0.2, 0) is 30.4 Å². The van der Waals surface area contributed by atoms with Crippen molar-refractivity contribution in [2.24, 2.45) is 5.92 Å². The van der Waals surface area contributed by atoms with E-state index in [0.29, 0.717) is 24.7 Å². The van der Waals surface area contributed by atoms with Crippen molar-refractivity contribution in [1.29, 1.82) is 0 Å². The Balaban J connectivity index is 1.04. The minimum absolute atomic E-state index is 0.0217. The molecule has 0 bridgehead atoms. The number of H-pyrrole nitrogens is 2. The Morgan fingerprint density at radius 1 is 0.797 bits per heavy atom. The zero-order chi connectivity index (χ0) is 45.8. The number of aromatic nitrogens is 4. The van der Waals surface area contributed by atoms with Gasteiger partial charge in [0.1, 0.15) is 36.1 Å². The fraction of sp³-hybridized carbons (Fsp3) is 0.500. The summed E-state index contributed by atoms with van der Waals surface area (Å²) in [5, 5.41) is 7.39. The molecule has 5 aromatic rings. The second kappa shape index (κ2) is 17.4. The molecule has 64 heavy (non-hydrogen) atoms. The number of carbonyl (C=O) groups is 4. The summed E-state index contributed by atoms with van der Waals surface area (Å²) in [5.74, 6) is 1.59. The van der Waals surface area contributed by atoms with Crippen molar-refractivity contribution in [2.75, 3.05) is 14.2 Å². The van der Waals surface area contributed by atoms with Crippen LogP contribution in [-0.4, -0.2) is 104 Å². The fourth-order valence-corrected chi connectivity index (χ4v) is 9.74. The lowest BCUT2D eigenvalue weighted by Crippen LogP contribution is -2.56. The molecule has 0 radical (unpaired) electrons. The van der Waals surface area contributed by atoms with Gasteiger partial charge in [-0.3, -0.25) is 9.59 Å². The van der Waals surface area contributed by atoms with Crippen LogP contribution in [0.25, 0.3) is 44.2 Å². The number of hydrogen-bond acceptors (Lipinski definition) is 10. The third-order valence-electron chi connectivity index (χ3n) is 12.9. The monoisotopic (exact) mass is 876 g/mol. The number of imidazole rings is 2. The highest BCUT2D eigenvalue weighted by Crippen LogP contribution is 2.44. The van der Waals surface area contributed by atoms with E-state index in [1.165, 1.54) is 14.2 Å². The summed E-state index contributed by atoms with van der Waals surface area (Å²) in [7, 11) is 2.57. The van der Waals surface area contributed by atoms with E-state index in [0.717, 1.165) is 74.8 Å². The van der Waals surface area contributed by atoms with E-state index in [9.17, 15) is 19.2 Å². The zero-order valence-electron chi connectivity index (χ0n) is 38.3. The molecule has 16 nitrogen and oxygen atoms in total. The number of alkyl carbamates (subject to hydrolysis) is 2. The van der Waals surface area contributed by atoms with Gasteiger partial charge in [-0.15, -0.1) is 0 Å². The fourth-order valence-electron chi connectivity index (χ4n) is 9.74. The number of amides is 4. The van der Waals surface area contributed by atoms with Crippen molar-refractivity contribution < 1.29 is 38.1 Å². The molecular formula is C48H60N8O8. The molecule has 4 amide bonds. The standard InChI is InChI=1S/C48H60N8O8/c1-24(2)39(53-46(59)61-9)44(57)55-25(3)11-17-36(55)42-49-22-35(51-42)29-13-15-31-30(19-29)23-63-38-21-32-28(20-33(31)38)14-16-34-41(32)52-43(50-34)37-18-12-26(4)56(37)45(58)40(54-47(60)62-10)27(5)64-48(6,7)8/h13-16,19-22,24-27,36-37,39-40H,11-12,17-18,23H2,1-10H3,(H,49,51)(H,50,52)(H,53,59)(H,54,60)/t25-,26-,27+,36-,37-,39-,40?/m0/s1. The van der Waals surface area contributed by atoms with Gasteiger partial charge in [0.2, 0.25) is 11.8 Å². The van der Waals surface area contributed by atoms with Crippen LogP contribution < -0.4 is 15.4 Å². The molecule has 340 valence electrons. The number of nitrogens with zero attached hydrogens (tertiary/aromatic N) is 4. The van der Waals surface area contributed by atoms with Gasteiger partial charge in [0.15, 0.2) is 0 Å². The van der Waals surface area contributed by atoms with Crippen LogP contribution in [0.15, 0.2) is 48.7 Å². The van der Waals surface area contributed by atoms with Crippen LogP contribution in [0.3, 0.4) is 0 Å². The highest BCUT2D eigenvalue weighted by molar-refractivity contribution is 6.07. The molecule has 1 unspecified atom stereocenters. The van der Waals surface area contributed by atoms with E-state index in [-0.39, 0.29) is 41.9 Å². The average molecular weight is 877 g/mol. The topological polar surface area (TPSA) is 193 Å². The number of methoxy groups -OCH3 is 2. The molecule has 3 aliphatic rings. The van der Waals surface area contributed by atoms with E-state index in [4.69, 9.17) is 28.9 Å². The lowest BCUT2D eigenvalue weighted by molar-refractivity contribution is -0.144. The highest BCUT2D eigenvalue weighted by Gasteiger charge is 2.44. The summed E-state index contributed by atoms with van der Waals surface area (Å²) in [4.78, 5) is 73.4. The van der Waals surface area contributed by atoms with Crippen LogP contribution in [0.5, 0.6) is 5.75 Å². The first-order valence-corrected chi connectivity index (χ1v) is 22.2. The summed E-state index contributed by atoms with van der Waals surface area (Å²) >= 11 is 0. The van der Waals surface area contributed by atoms with Crippen LogP contribution in [0.1, 0.15) is 110 Å². The van der Waals surface area contributed by atoms with E-state index >= 15 is 0 Å². The molecule has 7 atom stereocenters. The molecule has 3 aromatic carbocycles. The second-order valence-electron chi connectivity index (χ2n) is 18.8. The zero-order valence-corrected chi connectivity index (χ0v) is 38.3. The minimum Gasteiger partial charge on any atom is -0.488 e. The second-order valence-corrected chi connectivity index (χ2v) is 18.8. The SMILES string of the molecule is COC(=O)NC(C(=O)N1[C@@H](C)CC[C@H]1c1nc2c(ccc3cc4c(cc32)OCc2cc(-c3cnc([C@@H]5CC[C@H](C)N5C(=O)[C@@H](NC(=O)OC)C(C)C)[nH]3)ccc2-4)[nH]1)[C@@H](C)OC(C)(C)C. The Labute approximate surface area is 373 Å². The third-order valence-corrected chi connectivity index (χ3v) is 12.9. The third kappa shape index (κ3) is 8.47. The molecule has 2 fully saturated rings. The summed E-state index contributed by atoms with van der Waals surface area (Å²) in [5.41, 5.74) is 5.95. The molecule has 0 saturated carbocycles. The van der Waals surface area contributed by atoms with Gasteiger partial charge in [-0.2, -0.15) is 0 Å². The molecule has 0 spiro atoms. The molecule has 8 rings (SSSR count). The van der Waals surface area contributed by atoms with Gasteiger partial charge in [0.05, 0.1) is 60.9 Å². The van der Waals surface area contributed by atoms with Gasteiger partial charge >= 0.3 is 12.2 Å². The quantitative estimate of drug-likeness (QED) is 0.107. The molecule has 0 aliphatic carbocycles. The van der Waals surface area contributed by atoms with E-state index in [1.54, 1.807) is 6.92 Å². The largest absolute Gasteiger partial charge is 0.488 e. The Morgan fingerprint density at radius 2 is 1.44 bits per heavy atom. The van der Waals surface area contributed by atoms with Crippen molar-refractivity contribution in [3.8, 4) is 28.1 Å². The number of hydrogen-bond donors (Lipinski definition) is 4. The lowest BCUT2D eigenvalue weighted by atomic mass is 9.92. The summed E-state index contributed by atoms with van der Waals surface area (Å²) in [6, 6.07) is 12.2. The average Bonchev–Trinajstić information content (AvgIpc) is 4.08. The number of ether oxygens (including phenoxy) is 4. The van der Waals surface area contributed by atoms with Crippen LogP contribution in [0, 0.1) is 5.92 Å². The normalized spacial score (nSPS) is 21.0. The van der Waals surface area contributed by atoms with Crippen LogP contribution in [0.4, 0.5) is 9.59 Å². The molecule has 4 N–H and O–H groups in total. The minimum atomic E-state index is -0.967. The van der Waals surface area contributed by atoms with Gasteiger partial charge in [-0.05, 0) is 119 Å². The molecule has 2 saturated heterocycles. The number of rotatable bonds is 10. The first kappa shape index (κ1) is 44.4. The van der Waals surface area contributed by atoms with Gasteiger partial charge in [0, 0.05) is 23.0 Å². The number of carbonyl (C=O) groups excluding carboxylic acids is 4. The summed E-state index contributed by atoms with van der Waals surface area (Å²) < 4.78 is 22.3. The number of likely N-dealkylation sites (tertiary alicyclic amines) is 2. The van der Waals surface area contributed by atoms with Crippen molar-refractivity contribution in [3.63, 3.8) is 0 Å². The molecular weight excluding hydrogens is 817 g/mol. The van der Waals surface area contributed by atoms with Crippen LogP contribution >= 0.6 is 0 Å².